The molecule has 0 bridgehead atoms. The largest absolute Gasteiger partial charge is 0.477 e. The molecule has 2 heterocycles. The zero-order valence-corrected chi connectivity index (χ0v) is 14.9. The normalized spacial score (nSPS) is 15.2. The van der Waals surface area contributed by atoms with Crippen LogP contribution < -0.4 is 16.1 Å². The number of benzene rings is 1. The molecule has 0 spiro atoms. The van der Waals surface area contributed by atoms with Crippen molar-refractivity contribution in [2.24, 2.45) is 0 Å². The van der Waals surface area contributed by atoms with Gasteiger partial charge in [-0.1, -0.05) is 6.07 Å². The fourth-order valence-electron chi connectivity index (χ4n) is 3.33. The predicted molar refractivity (Wildman–Crippen MR) is 95.4 cm³/mol. The summed E-state index contributed by atoms with van der Waals surface area (Å²) < 4.78 is 1.99. The summed E-state index contributed by atoms with van der Waals surface area (Å²) in [5.41, 5.74) is -0.779. The maximum atomic E-state index is 12.6. The SMILES string of the molecule is CCn1c(=O)c(C(=O)O)cn(-c2ccc3c(c2)N(C)C(=O)C3(C)C)c1=O. The minimum absolute atomic E-state index is 0.0507. The number of amides is 1. The second-order valence-electron chi connectivity index (χ2n) is 6.74. The summed E-state index contributed by atoms with van der Waals surface area (Å²) in [6, 6.07) is 5.05. The number of aromatic nitrogens is 2. The van der Waals surface area contributed by atoms with Gasteiger partial charge < -0.3 is 10.0 Å². The van der Waals surface area contributed by atoms with E-state index in [1.807, 2.05) is 13.8 Å². The number of nitrogens with zero attached hydrogens (tertiary/aromatic N) is 3. The summed E-state index contributed by atoms with van der Waals surface area (Å²) >= 11 is 0. The molecule has 1 aliphatic rings. The molecule has 0 atom stereocenters. The molecule has 1 aromatic carbocycles. The fraction of sp³-hybridized carbons (Fsp3) is 0.333. The van der Waals surface area contributed by atoms with E-state index in [-0.39, 0.29) is 12.5 Å². The zero-order valence-electron chi connectivity index (χ0n) is 14.9. The molecule has 136 valence electrons. The molecule has 3 rings (SSSR count). The smallest absolute Gasteiger partial charge is 0.342 e. The lowest BCUT2D eigenvalue weighted by molar-refractivity contribution is -0.121. The molecular weight excluding hydrogens is 338 g/mol. The average Bonchev–Trinajstić information content (AvgIpc) is 2.75. The van der Waals surface area contributed by atoms with Crippen molar-refractivity contribution in [1.29, 1.82) is 0 Å². The molecule has 1 N–H and O–H groups in total. The number of anilines is 1. The molecule has 8 nitrogen and oxygen atoms in total. The van der Waals surface area contributed by atoms with Crippen LogP contribution in [0.3, 0.4) is 0 Å². The Morgan fingerprint density at radius 2 is 1.85 bits per heavy atom. The Labute approximate surface area is 148 Å². The van der Waals surface area contributed by atoms with Crippen molar-refractivity contribution < 1.29 is 14.7 Å². The van der Waals surface area contributed by atoms with Crippen molar-refractivity contribution in [3.63, 3.8) is 0 Å². The number of carbonyl (C=O) groups excluding carboxylic acids is 1. The average molecular weight is 357 g/mol. The maximum Gasteiger partial charge on any atom is 0.342 e. The number of fused-ring (bicyclic) bond motifs is 1. The van der Waals surface area contributed by atoms with E-state index in [0.29, 0.717) is 11.4 Å². The van der Waals surface area contributed by atoms with Crippen LogP contribution in [0.5, 0.6) is 0 Å². The predicted octanol–water partition coefficient (Wildman–Crippen LogP) is 0.971. The Morgan fingerprint density at radius 1 is 1.19 bits per heavy atom. The lowest BCUT2D eigenvalue weighted by Gasteiger charge is -2.16. The van der Waals surface area contributed by atoms with E-state index in [1.54, 1.807) is 32.2 Å². The first-order chi connectivity index (χ1) is 12.1. The van der Waals surface area contributed by atoms with Crippen LogP contribution >= 0.6 is 0 Å². The standard InChI is InChI=1S/C18H19N3O5/c1-5-20-14(22)11(15(23)24)9-21(17(20)26)10-6-7-12-13(8-10)19(4)16(25)18(12,2)3/h6-9H,5H2,1-4H3,(H,23,24). The van der Waals surface area contributed by atoms with E-state index in [9.17, 15) is 24.3 Å². The number of likely N-dealkylation sites (N-methyl/N-ethyl adjacent to an activating group) is 1. The molecule has 0 radical (unpaired) electrons. The van der Waals surface area contributed by atoms with Gasteiger partial charge in [-0.2, -0.15) is 0 Å². The van der Waals surface area contributed by atoms with E-state index in [4.69, 9.17) is 0 Å². The van der Waals surface area contributed by atoms with Gasteiger partial charge in [0.2, 0.25) is 5.91 Å². The van der Waals surface area contributed by atoms with Crippen molar-refractivity contribution in [3.8, 4) is 5.69 Å². The van der Waals surface area contributed by atoms with Crippen LogP contribution in [0.15, 0.2) is 34.0 Å². The Kier molecular flexibility index (Phi) is 3.86. The number of rotatable bonds is 3. The van der Waals surface area contributed by atoms with E-state index in [0.717, 1.165) is 20.9 Å². The quantitative estimate of drug-likeness (QED) is 0.882. The molecule has 0 unspecified atom stereocenters. The lowest BCUT2D eigenvalue weighted by Crippen LogP contribution is -2.41. The molecule has 0 fully saturated rings. The first kappa shape index (κ1) is 17.7. The van der Waals surface area contributed by atoms with Gasteiger partial charge in [-0.15, -0.1) is 0 Å². The summed E-state index contributed by atoms with van der Waals surface area (Å²) in [4.78, 5) is 50.1. The number of aromatic carboxylic acids is 1. The van der Waals surface area contributed by atoms with Crippen LogP contribution in [-0.4, -0.2) is 33.2 Å². The fourth-order valence-corrected chi connectivity index (χ4v) is 3.33. The van der Waals surface area contributed by atoms with Gasteiger partial charge >= 0.3 is 11.7 Å². The highest BCUT2D eigenvalue weighted by atomic mass is 16.4. The highest BCUT2D eigenvalue weighted by Crippen LogP contribution is 2.41. The Bertz CT molecular complexity index is 1060. The number of carbonyl (C=O) groups is 2. The van der Waals surface area contributed by atoms with E-state index < -0.39 is 28.2 Å². The minimum Gasteiger partial charge on any atom is -0.477 e. The molecule has 0 aliphatic carbocycles. The van der Waals surface area contributed by atoms with Crippen molar-refractivity contribution in [3.05, 3.63) is 56.4 Å². The third kappa shape index (κ3) is 2.29. The zero-order chi connectivity index (χ0) is 19.4. The second-order valence-corrected chi connectivity index (χ2v) is 6.74. The van der Waals surface area contributed by atoms with Crippen molar-refractivity contribution in [1.82, 2.24) is 9.13 Å². The van der Waals surface area contributed by atoms with Gasteiger partial charge in [0.15, 0.2) is 0 Å². The van der Waals surface area contributed by atoms with E-state index in [1.165, 1.54) is 4.90 Å². The van der Waals surface area contributed by atoms with Crippen molar-refractivity contribution in [2.75, 3.05) is 11.9 Å². The van der Waals surface area contributed by atoms with Gasteiger partial charge in [-0.05, 0) is 38.5 Å². The van der Waals surface area contributed by atoms with Gasteiger partial charge in [-0.3, -0.25) is 18.7 Å². The van der Waals surface area contributed by atoms with Gasteiger partial charge in [-0.25, -0.2) is 9.59 Å². The van der Waals surface area contributed by atoms with Crippen molar-refractivity contribution in [2.45, 2.75) is 32.7 Å². The van der Waals surface area contributed by atoms with Crippen LogP contribution in [-0.2, 0) is 16.8 Å². The van der Waals surface area contributed by atoms with E-state index >= 15 is 0 Å². The molecule has 26 heavy (non-hydrogen) atoms. The number of carboxylic acids is 1. The van der Waals surface area contributed by atoms with E-state index in [2.05, 4.69) is 0 Å². The first-order valence-electron chi connectivity index (χ1n) is 8.14. The third-order valence-corrected chi connectivity index (χ3v) is 4.85. The lowest BCUT2D eigenvalue weighted by atomic mass is 9.86. The molecule has 1 aromatic heterocycles. The van der Waals surface area contributed by atoms with Crippen LogP contribution in [0.1, 0.15) is 36.7 Å². The maximum absolute atomic E-state index is 12.6. The van der Waals surface area contributed by atoms with Crippen LogP contribution in [0.4, 0.5) is 5.69 Å². The molecule has 8 heteroatoms. The highest BCUT2D eigenvalue weighted by Gasteiger charge is 2.42. The topological polar surface area (TPSA) is 102 Å². The highest BCUT2D eigenvalue weighted by molar-refractivity contribution is 6.07. The molecule has 1 amide bonds. The second kappa shape index (κ2) is 5.69. The van der Waals surface area contributed by atoms with Crippen LogP contribution in [0, 0.1) is 0 Å². The first-order valence-corrected chi connectivity index (χ1v) is 8.14. The summed E-state index contributed by atoms with van der Waals surface area (Å²) in [6.45, 7) is 5.29. The van der Waals surface area contributed by atoms with Crippen molar-refractivity contribution >= 4 is 17.6 Å². The molecular formula is C18H19N3O5. The number of carboxylic acid groups (broad SMARTS) is 1. The van der Waals surface area contributed by atoms with Gasteiger partial charge in [0.25, 0.3) is 5.56 Å². The Balaban J connectivity index is 2.29. The number of hydrogen-bond donors (Lipinski definition) is 1. The summed E-state index contributed by atoms with van der Waals surface area (Å²) in [5, 5.41) is 9.27. The van der Waals surface area contributed by atoms with Gasteiger partial charge in [0, 0.05) is 25.5 Å². The van der Waals surface area contributed by atoms with Crippen LogP contribution in [0.2, 0.25) is 0 Å². The molecule has 0 saturated heterocycles. The Hall–Kier alpha value is -3.16. The monoisotopic (exact) mass is 357 g/mol. The molecule has 2 aromatic rings. The summed E-state index contributed by atoms with van der Waals surface area (Å²) in [7, 11) is 1.65. The summed E-state index contributed by atoms with van der Waals surface area (Å²) in [5.74, 6) is -1.47. The molecule has 1 aliphatic heterocycles. The van der Waals surface area contributed by atoms with Gasteiger partial charge in [0.05, 0.1) is 11.1 Å². The molecule has 0 saturated carbocycles. The van der Waals surface area contributed by atoms with Gasteiger partial charge in [0.1, 0.15) is 5.56 Å². The summed E-state index contributed by atoms with van der Waals surface area (Å²) in [6.07, 6.45) is 1.03. The van der Waals surface area contributed by atoms with Crippen LogP contribution in [0.25, 0.3) is 5.69 Å². The Morgan fingerprint density at radius 3 is 2.42 bits per heavy atom. The number of hydrogen-bond acceptors (Lipinski definition) is 4. The third-order valence-electron chi connectivity index (χ3n) is 4.85. The minimum atomic E-state index is -1.40.